The molecule has 0 aromatic rings. The minimum absolute atomic E-state index is 0.00137. The Labute approximate surface area is 193 Å². The van der Waals surface area contributed by atoms with E-state index in [1.165, 1.54) is 51.4 Å². The van der Waals surface area contributed by atoms with Crippen LogP contribution in [-0.4, -0.2) is 21.9 Å². The standard InChI is InChI=1S/C29H52O2/c1-19(8-13-25(30)26(2,3)4)22-11-12-23-21-10-9-20-18-27(5,31)16-17-28(20,6)24(21)14-15-29(22,23)7/h19-25,30-31H,8-18H2,1-7H3/t19-,20?,21+,22-,23+,24+,25?,27+,28+,29-/m1/s1. The molecule has 0 aliphatic heterocycles. The number of rotatable bonds is 4. The number of hydrogen-bond acceptors (Lipinski definition) is 2. The van der Waals surface area contributed by atoms with E-state index in [0.29, 0.717) is 10.8 Å². The third-order valence-electron chi connectivity index (χ3n) is 11.6. The fourth-order valence-corrected chi connectivity index (χ4v) is 9.46. The van der Waals surface area contributed by atoms with E-state index in [4.69, 9.17) is 0 Å². The zero-order valence-corrected chi connectivity index (χ0v) is 21.7. The quantitative estimate of drug-likeness (QED) is 0.492. The molecule has 0 radical (unpaired) electrons. The molecule has 4 saturated carbocycles. The van der Waals surface area contributed by atoms with Gasteiger partial charge in [0, 0.05) is 0 Å². The summed E-state index contributed by atoms with van der Waals surface area (Å²) in [5.41, 5.74) is 0.550. The summed E-state index contributed by atoms with van der Waals surface area (Å²) in [5, 5.41) is 21.3. The molecule has 4 aliphatic rings. The van der Waals surface area contributed by atoms with E-state index in [2.05, 4.69) is 48.5 Å². The van der Waals surface area contributed by atoms with Crippen molar-refractivity contribution in [3.63, 3.8) is 0 Å². The van der Waals surface area contributed by atoms with Crippen molar-refractivity contribution in [2.24, 2.45) is 51.8 Å². The summed E-state index contributed by atoms with van der Waals surface area (Å²) in [7, 11) is 0. The highest BCUT2D eigenvalue weighted by molar-refractivity contribution is 5.10. The summed E-state index contributed by atoms with van der Waals surface area (Å²) in [6.45, 7) is 16.3. The van der Waals surface area contributed by atoms with Crippen molar-refractivity contribution < 1.29 is 10.2 Å². The van der Waals surface area contributed by atoms with Gasteiger partial charge in [0.05, 0.1) is 11.7 Å². The van der Waals surface area contributed by atoms with Crippen LogP contribution in [0.1, 0.15) is 119 Å². The summed E-state index contributed by atoms with van der Waals surface area (Å²) < 4.78 is 0. The Morgan fingerprint density at radius 3 is 2.19 bits per heavy atom. The number of aliphatic hydroxyl groups is 2. The highest BCUT2D eigenvalue weighted by Gasteiger charge is 2.61. The van der Waals surface area contributed by atoms with Gasteiger partial charge in [-0.2, -0.15) is 0 Å². The summed E-state index contributed by atoms with van der Waals surface area (Å²) in [6.07, 6.45) is 13.6. The van der Waals surface area contributed by atoms with Gasteiger partial charge in [-0.25, -0.2) is 0 Å². The lowest BCUT2D eigenvalue weighted by Crippen LogP contribution is -2.55. The lowest BCUT2D eigenvalue weighted by molar-refractivity contribution is -0.148. The Kier molecular flexibility index (Phi) is 6.21. The van der Waals surface area contributed by atoms with Crippen molar-refractivity contribution >= 4 is 0 Å². The van der Waals surface area contributed by atoms with Crippen LogP contribution in [0, 0.1) is 51.8 Å². The number of aliphatic hydroxyl groups excluding tert-OH is 1. The minimum Gasteiger partial charge on any atom is -0.393 e. The van der Waals surface area contributed by atoms with Gasteiger partial charge in [0.1, 0.15) is 0 Å². The van der Waals surface area contributed by atoms with E-state index in [1.54, 1.807) is 0 Å². The first-order chi connectivity index (χ1) is 14.3. The van der Waals surface area contributed by atoms with Crippen LogP contribution in [0.5, 0.6) is 0 Å². The van der Waals surface area contributed by atoms with Crippen molar-refractivity contribution in [2.45, 2.75) is 131 Å². The molecule has 4 fully saturated rings. The first-order valence-corrected chi connectivity index (χ1v) is 13.7. The van der Waals surface area contributed by atoms with Gasteiger partial charge in [-0.15, -0.1) is 0 Å². The third kappa shape index (κ3) is 4.16. The molecule has 2 N–H and O–H groups in total. The molecule has 0 saturated heterocycles. The first kappa shape index (κ1) is 24.1. The van der Waals surface area contributed by atoms with Gasteiger partial charge in [0.25, 0.3) is 0 Å². The van der Waals surface area contributed by atoms with Crippen molar-refractivity contribution in [3.8, 4) is 0 Å². The van der Waals surface area contributed by atoms with Crippen LogP contribution in [0.25, 0.3) is 0 Å². The molecule has 2 nitrogen and oxygen atoms in total. The monoisotopic (exact) mass is 432 g/mol. The van der Waals surface area contributed by atoms with Gasteiger partial charge in [0.2, 0.25) is 0 Å². The molecule has 31 heavy (non-hydrogen) atoms. The molecule has 0 spiro atoms. The Hall–Kier alpha value is -0.0800. The molecule has 2 unspecified atom stereocenters. The molecular weight excluding hydrogens is 380 g/mol. The molecule has 4 aliphatic carbocycles. The van der Waals surface area contributed by atoms with E-state index in [-0.39, 0.29) is 11.5 Å². The van der Waals surface area contributed by atoms with Crippen LogP contribution in [0.2, 0.25) is 0 Å². The highest BCUT2D eigenvalue weighted by Crippen LogP contribution is 2.68. The summed E-state index contributed by atoms with van der Waals surface area (Å²) in [5.74, 6) is 5.00. The lowest BCUT2D eigenvalue weighted by Gasteiger charge is -2.62. The van der Waals surface area contributed by atoms with Gasteiger partial charge >= 0.3 is 0 Å². The van der Waals surface area contributed by atoms with Crippen LogP contribution in [-0.2, 0) is 0 Å². The van der Waals surface area contributed by atoms with E-state index in [0.717, 1.165) is 54.8 Å². The Bertz CT molecular complexity index is 648. The van der Waals surface area contributed by atoms with Crippen molar-refractivity contribution in [2.75, 3.05) is 0 Å². The van der Waals surface area contributed by atoms with Crippen LogP contribution in [0.4, 0.5) is 0 Å². The van der Waals surface area contributed by atoms with Gasteiger partial charge < -0.3 is 10.2 Å². The minimum atomic E-state index is -0.425. The Morgan fingerprint density at radius 1 is 0.839 bits per heavy atom. The van der Waals surface area contributed by atoms with Gasteiger partial charge in [-0.05, 0) is 129 Å². The maximum absolute atomic E-state index is 10.7. The second-order valence-electron chi connectivity index (χ2n) is 14.5. The fraction of sp³-hybridized carbons (Fsp3) is 1.00. The molecular formula is C29H52O2. The van der Waals surface area contributed by atoms with E-state index >= 15 is 0 Å². The third-order valence-corrected chi connectivity index (χ3v) is 11.6. The zero-order chi connectivity index (χ0) is 22.8. The molecule has 4 rings (SSSR count). The van der Waals surface area contributed by atoms with Crippen molar-refractivity contribution in [1.29, 1.82) is 0 Å². The summed E-state index contributed by atoms with van der Waals surface area (Å²) in [4.78, 5) is 0. The normalized spacial score (nSPS) is 49.6. The highest BCUT2D eigenvalue weighted by atomic mass is 16.3. The van der Waals surface area contributed by atoms with E-state index in [9.17, 15) is 10.2 Å². The maximum atomic E-state index is 10.7. The van der Waals surface area contributed by atoms with Crippen molar-refractivity contribution in [1.82, 2.24) is 0 Å². The number of hydrogen-bond donors (Lipinski definition) is 2. The van der Waals surface area contributed by atoms with Crippen molar-refractivity contribution in [3.05, 3.63) is 0 Å². The van der Waals surface area contributed by atoms with Crippen LogP contribution < -0.4 is 0 Å². The van der Waals surface area contributed by atoms with E-state index < -0.39 is 5.60 Å². The summed E-state index contributed by atoms with van der Waals surface area (Å²) in [6, 6.07) is 0. The first-order valence-electron chi connectivity index (χ1n) is 13.7. The van der Waals surface area contributed by atoms with Gasteiger partial charge in [-0.3, -0.25) is 0 Å². The smallest absolute Gasteiger partial charge is 0.0622 e. The molecule has 0 heterocycles. The van der Waals surface area contributed by atoms with Crippen LogP contribution in [0.3, 0.4) is 0 Å². The van der Waals surface area contributed by atoms with Gasteiger partial charge in [-0.1, -0.05) is 41.5 Å². The average molecular weight is 433 g/mol. The molecule has 10 atom stereocenters. The Balaban J connectivity index is 1.45. The second-order valence-corrected chi connectivity index (χ2v) is 14.5. The Morgan fingerprint density at radius 2 is 1.52 bits per heavy atom. The zero-order valence-electron chi connectivity index (χ0n) is 21.7. The molecule has 0 aromatic heterocycles. The second kappa shape index (κ2) is 8.00. The van der Waals surface area contributed by atoms with Crippen LogP contribution in [0.15, 0.2) is 0 Å². The topological polar surface area (TPSA) is 40.5 Å². The fourth-order valence-electron chi connectivity index (χ4n) is 9.46. The lowest BCUT2D eigenvalue weighted by atomic mass is 9.43. The van der Waals surface area contributed by atoms with E-state index in [1.807, 2.05) is 0 Å². The predicted octanol–water partition coefficient (Wildman–Crippen LogP) is 7.22. The average Bonchev–Trinajstić information content (AvgIpc) is 3.02. The van der Waals surface area contributed by atoms with Gasteiger partial charge in [0.15, 0.2) is 0 Å². The molecule has 0 bridgehead atoms. The number of fused-ring (bicyclic) bond motifs is 5. The van der Waals surface area contributed by atoms with Crippen LogP contribution >= 0.6 is 0 Å². The molecule has 2 heteroatoms. The molecule has 0 amide bonds. The predicted molar refractivity (Wildman–Crippen MR) is 130 cm³/mol. The SMILES string of the molecule is C[C@H](CCC(O)C(C)(C)C)[C@H]1CC[C@H]2[C@@H]3CCC4C[C@@](C)(O)CC[C@]4(C)[C@H]3CC[C@]12C. The molecule has 180 valence electrons. The maximum Gasteiger partial charge on any atom is 0.0622 e. The molecule has 0 aromatic carbocycles. The summed E-state index contributed by atoms with van der Waals surface area (Å²) >= 11 is 0. The largest absolute Gasteiger partial charge is 0.393 e.